The number of nitrogen functional groups attached to an aromatic ring is 1. The van der Waals surface area contributed by atoms with E-state index in [0.29, 0.717) is 21.3 Å². The summed E-state index contributed by atoms with van der Waals surface area (Å²) in [7, 11) is 0. The van der Waals surface area contributed by atoms with E-state index < -0.39 is 12.6 Å². The largest absolute Gasteiger partial charge is 0.452 e. The van der Waals surface area contributed by atoms with Crippen LogP contribution in [-0.4, -0.2) is 32.9 Å². The molecule has 0 aliphatic heterocycles. The molecular weight excluding hydrogens is 403 g/mol. The number of aryl methyl sites for hydroxylation is 1. The van der Waals surface area contributed by atoms with Gasteiger partial charge in [-0.15, -0.1) is 0 Å². The van der Waals surface area contributed by atoms with Gasteiger partial charge in [0, 0.05) is 45.1 Å². The summed E-state index contributed by atoms with van der Waals surface area (Å²) in [5, 5.41) is 0.969. The zero-order chi connectivity index (χ0) is 20.4. The van der Waals surface area contributed by atoms with Crippen molar-refractivity contribution in [3.63, 3.8) is 0 Å². The van der Waals surface area contributed by atoms with Gasteiger partial charge in [0.25, 0.3) is 0 Å². The van der Waals surface area contributed by atoms with Crippen molar-refractivity contribution in [3.05, 3.63) is 69.3 Å². The average Bonchev–Trinajstić information content (AvgIpc) is 2.93. The minimum atomic E-state index is -0.811. The van der Waals surface area contributed by atoms with Crippen LogP contribution in [0.25, 0.3) is 5.69 Å². The summed E-state index contributed by atoms with van der Waals surface area (Å²) >= 11 is 12.2. The molecule has 7 nitrogen and oxygen atoms in total. The van der Waals surface area contributed by atoms with Crippen LogP contribution in [0.5, 0.6) is 0 Å². The number of hydrogen-bond acceptors (Lipinski definition) is 6. The number of ether oxygens (including phenoxy) is 1. The number of rotatable bonds is 5. The lowest BCUT2D eigenvalue weighted by Gasteiger charge is -2.11. The third-order valence-electron chi connectivity index (χ3n) is 4.09. The number of anilines is 1. The Morgan fingerprint density at radius 1 is 1.07 bits per heavy atom. The van der Waals surface area contributed by atoms with Gasteiger partial charge in [-0.05, 0) is 38.1 Å². The first-order valence-corrected chi connectivity index (χ1v) is 8.95. The summed E-state index contributed by atoms with van der Waals surface area (Å²) in [6, 6.07) is 6.85. The van der Waals surface area contributed by atoms with Gasteiger partial charge >= 0.3 is 5.97 Å². The summed E-state index contributed by atoms with van der Waals surface area (Å²) in [6.07, 6.45) is 2.67. The number of hydrogen-bond donors (Lipinski definition) is 1. The van der Waals surface area contributed by atoms with Crippen molar-refractivity contribution in [2.24, 2.45) is 0 Å². The lowest BCUT2D eigenvalue weighted by atomic mass is 10.1. The lowest BCUT2D eigenvalue weighted by Crippen LogP contribution is -2.17. The second-order valence-electron chi connectivity index (χ2n) is 6.04. The normalized spacial score (nSPS) is 10.7. The van der Waals surface area contributed by atoms with Gasteiger partial charge in [0.1, 0.15) is 0 Å². The second kappa shape index (κ2) is 8.00. The van der Waals surface area contributed by atoms with E-state index in [1.54, 1.807) is 31.2 Å². The molecule has 1 aromatic carbocycles. The standard InChI is InChI=1S/C19H16Cl2N4O3/c1-10-5-15(11(2)25(10)14-7-12(20)6-13(21)8-14)16(26)9-28-19(27)17-18(22)24-4-3-23-17/h3-8H,9H2,1-2H3,(H2,22,24). The molecule has 0 aliphatic rings. The molecule has 28 heavy (non-hydrogen) atoms. The number of nitrogens with zero attached hydrogens (tertiary/aromatic N) is 3. The summed E-state index contributed by atoms with van der Waals surface area (Å²) < 4.78 is 6.91. The maximum atomic E-state index is 12.6. The maximum Gasteiger partial charge on any atom is 0.361 e. The number of carbonyl (C=O) groups excluding carboxylic acids is 2. The minimum Gasteiger partial charge on any atom is -0.452 e. The van der Waals surface area contributed by atoms with E-state index in [0.717, 1.165) is 11.4 Å². The average molecular weight is 419 g/mol. The van der Waals surface area contributed by atoms with Gasteiger partial charge < -0.3 is 15.0 Å². The molecule has 0 aliphatic carbocycles. The van der Waals surface area contributed by atoms with Crippen molar-refractivity contribution < 1.29 is 14.3 Å². The molecule has 0 unspecified atom stereocenters. The smallest absolute Gasteiger partial charge is 0.361 e. The van der Waals surface area contributed by atoms with E-state index in [1.807, 2.05) is 11.5 Å². The molecule has 0 spiro atoms. The predicted octanol–water partition coefficient (Wildman–Crippen LogP) is 3.81. The summed E-state index contributed by atoms with van der Waals surface area (Å²) in [4.78, 5) is 32.3. The highest BCUT2D eigenvalue weighted by atomic mass is 35.5. The number of aromatic nitrogens is 3. The van der Waals surface area contributed by atoms with Gasteiger partial charge in [0.05, 0.1) is 0 Å². The Hall–Kier alpha value is -2.90. The monoisotopic (exact) mass is 418 g/mol. The number of nitrogens with two attached hydrogens (primary N) is 1. The van der Waals surface area contributed by atoms with Crippen LogP contribution in [0.1, 0.15) is 32.2 Å². The second-order valence-corrected chi connectivity index (χ2v) is 6.91. The van der Waals surface area contributed by atoms with Crippen LogP contribution in [-0.2, 0) is 4.74 Å². The molecule has 0 atom stereocenters. The molecule has 9 heteroatoms. The third-order valence-corrected chi connectivity index (χ3v) is 4.53. The minimum absolute atomic E-state index is 0.0593. The molecule has 2 N–H and O–H groups in total. The van der Waals surface area contributed by atoms with E-state index >= 15 is 0 Å². The Morgan fingerprint density at radius 2 is 1.71 bits per heavy atom. The van der Waals surface area contributed by atoms with Crippen molar-refractivity contribution in [2.75, 3.05) is 12.3 Å². The lowest BCUT2D eigenvalue weighted by molar-refractivity contribution is 0.0469. The van der Waals surface area contributed by atoms with Crippen molar-refractivity contribution in [3.8, 4) is 5.69 Å². The van der Waals surface area contributed by atoms with Crippen molar-refractivity contribution >= 4 is 40.8 Å². The van der Waals surface area contributed by atoms with Crippen molar-refractivity contribution in [1.29, 1.82) is 0 Å². The summed E-state index contributed by atoms with van der Waals surface area (Å²) in [5.74, 6) is -1.23. The molecular formula is C19H16Cl2N4O3. The van der Waals surface area contributed by atoms with Crippen LogP contribution in [0.2, 0.25) is 10.0 Å². The van der Waals surface area contributed by atoms with Crippen molar-refractivity contribution in [2.45, 2.75) is 13.8 Å². The fourth-order valence-electron chi connectivity index (χ4n) is 2.89. The van der Waals surface area contributed by atoms with Gasteiger partial charge in [0.2, 0.25) is 5.78 Å². The molecule has 0 amide bonds. The highest BCUT2D eigenvalue weighted by molar-refractivity contribution is 6.34. The first-order valence-electron chi connectivity index (χ1n) is 8.20. The topological polar surface area (TPSA) is 100 Å². The van der Waals surface area contributed by atoms with Gasteiger partial charge in [-0.3, -0.25) is 4.79 Å². The molecule has 0 fully saturated rings. The summed E-state index contributed by atoms with van der Waals surface area (Å²) in [6.45, 7) is 3.19. The number of esters is 1. The Morgan fingerprint density at radius 3 is 2.36 bits per heavy atom. The molecule has 3 rings (SSSR count). The van der Waals surface area contributed by atoms with Crippen LogP contribution < -0.4 is 5.73 Å². The van der Waals surface area contributed by atoms with E-state index in [1.165, 1.54) is 12.4 Å². The number of Topliss-reactive ketones (excluding diaryl/α,β-unsaturated/α-hetero) is 1. The van der Waals surface area contributed by atoms with Crippen molar-refractivity contribution in [1.82, 2.24) is 14.5 Å². The van der Waals surface area contributed by atoms with Gasteiger partial charge in [-0.25, -0.2) is 14.8 Å². The number of ketones is 1. The first kappa shape index (κ1) is 19.9. The predicted molar refractivity (Wildman–Crippen MR) is 106 cm³/mol. The highest BCUT2D eigenvalue weighted by Crippen LogP contribution is 2.26. The Labute approximate surface area is 171 Å². The van der Waals surface area contributed by atoms with Gasteiger partial charge in [-0.1, -0.05) is 23.2 Å². The molecule has 3 aromatic rings. The Bertz CT molecular complexity index is 1060. The number of benzene rings is 1. The third kappa shape index (κ3) is 4.00. The SMILES string of the molecule is Cc1cc(C(=O)COC(=O)c2nccnc2N)c(C)n1-c1cc(Cl)cc(Cl)c1. The van der Waals surface area contributed by atoms with Crippen LogP contribution in [0.3, 0.4) is 0 Å². The molecule has 144 valence electrons. The van der Waals surface area contributed by atoms with E-state index in [2.05, 4.69) is 9.97 Å². The fourth-order valence-corrected chi connectivity index (χ4v) is 3.41. The molecule has 0 saturated carbocycles. The van der Waals surface area contributed by atoms with E-state index in [4.69, 9.17) is 33.7 Å². The number of halogens is 2. The molecule has 0 radical (unpaired) electrons. The molecule has 2 aromatic heterocycles. The number of carbonyl (C=O) groups is 2. The maximum absolute atomic E-state index is 12.6. The molecule has 0 saturated heterocycles. The fraction of sp³-hybridized carbons (Fsp3) is 0.158. The van der Waals surface area contributed by atoms with Crippen LogP contribution in [0, 0.1) is 13.8 Å². The first-order chi connectivity index (χ1) is 13.3. The van der Waals surface area contributed by atoms with Gasteiger partial charge in [-0.2, -0.15) is 0 Å². The van der Waals surface area contributed by atoms with E-state index in [-0.39, 0.29) is 17.3 Å². The molecule has 2 heterocycles. The van der Waals surface area contributed by atoms with E-state index in [9.17, 15) is 9.59 Å². The summed E-state index contributed by atoms with van der Waals surface area (Å²) in [5.41, 5.74) is 8.10. The molecule has 0 bridgehead atoms. The van der Waals surface area contributed by atoms with Crippen LogP contribution in [0.4, 0.5) is 5.82 Å². The Kier molecular flexibility index (Phi) is 5.67. The van der Waals surface area contributed by atoms with Gasteiger partial charge in [0.15, 0.2) is 18.1 Å². The van der Waals surface area contributed by atoms with Crippen LogP contribution >= 0.6 is 23.2 Å². The quantitative estimate of drug-likeness (QED) is 0.499. The zero-order valence-corrected chi connectivity index (χ0v) is 16.6. The highest BCUT2D eigenvalue weighted by Gasteiger charge is 2.20. The Balaban J connectivity index is 1.82. The zero-order valence-electron chi connectivity index (χ0n) is 15.1. The van der Waals surface area contributed by atoms with Crippen LogP contribution in [0.15, 0.2) is 36.7 Å².